The Bertz CT molecular complexity index is 385. The van der Waals surface area contributed by atoms with Crippen LogP contribution in [0.15, 0.2) is 12.3 Å². The Morgan fingerprint density at radius 3 is 2.78 bits per heavy atom. The van der Waals surface area contributed by atoms with E-state index in [2.05, 4.69) is 42.2 Å². The van der Waals surface area contributed by atoms with Crippen molar-refractivity contribution in [3.8, 4) is 0 Å². The number of aryl methyl sites for hydroxylation is 1. The van der Waals surface area contributed by atoms with Crippen LogP contribution in [0.2, 0.25) is 0 Å². The molecule has 1 aliphatic rings. The van der Waals surface area contributed by atoms with Crippen LogP contribution >= 0.6 is 0 Å². The van der Waals surface area contributed by atoms with Crippen LogP contribution in [0.4, 0.5) is 5.82 Å². The molecule has 0 aliphatic heterocycles. The number of nitrogens with one attached hydrogen (secondary N) is 1. The van der Waals surface area contributed by atoms with Gasteiger partial charge in [0.15, 0.2) is 0 Å². The largest absolute Gasteiger partial charge is 0.359 e. The SMILES string of the molecule is CCNCc1cnc(N(C)CC2CCC2)c(C)c1. The molecule has 0 unspecified atom stereocenters. The summed E-state index contributed by atoms with van der Waals surface area (Å²) in [4.78, 5) is 6.94. The van der Waals surface area contributed by atoms with Gasteiger partial charge in [0.1, 0.15) is 5.82 Å². The molecule has 0 saturated heterocycles. The fourth-order valence-corrected chi connectivity index (χ4v) is 2.54. The molecule has 0 aromatic carbocycles. The molecule has 3 nitrogen and oxygen atoms in total. The summed E-state index contributed by atoms with van der Waals surface area (Å²) in [6.07, 6.45) is 6.19. The summed E-state index contributed by atoms with van der Waals surface area (Å²) in [6.45, 7) is 7.36. The normalized spacial score (nSPS) is 15.5. The van der Waals surface area contributed by atoms with Crippen LogP contribution in [0.3, 0.4) is 0 Å². The van der Waals surface area contributed by atoms with E-state index >= 15 is 0 Å². The third kappa shape index (κ3) is 3.22. The van der Waals surface area contributed by atoms with Gasteiger partial charge in [0, 0.05) is 26.3 Å². The van der Waals surface area contributed by atoms with Crippen LogP contribution in [-0.2, 0) is 6.54 Å². The predicted molar refractivity (Wildman–Crippen MR) is 77.0 cm³/mol. The first kappa shape index (κ1) is 13.3. The average molecular weight is 247 g/mol. The zero-order valence-corrected chi connectivity index (χ0v) is 11.9. The van der Waals surface area contributed by atoms with Crippen LogP contribution in [0.5, 0.6) is 0 Å². The molecule has 1 fully saturated rings. The van der Waals surface area contributed by atoms with Crippen molar-refractivity contribution in [3.05, 3.63) is 23.4 Å². The second-order valence-corrected chi connectivity index (χ2v) is 5.44. The van der Waals surface area contributed by atoms with E-state index in [1.165, 1.54) is 30.4 Å². The second kappa shape index (κ2) is 6.19. The van der Waals surface area contributed by atoms with E-state index in [9.17, 15) is 0 Å². The molecular weight excluding hydrogens is 222 g/mol. The van der Waals surface area contributed by atoms with E-state index in [1.807, 2.05) is 6.20 Å². The Hall–Kier alpha value is -1.09. The van der Waals surface area contributed by atoms with Gasteiger partial charge < -0.3 is 10.2 Å². The van der Waals surface area contributed by atoms with Gasteiger partial charge >= 0.3 is 0 Å². The lowest BCUT2D eigenvalue weighted by Crippen LogP contribution is -2.30. The third-order valence-electron chi connectivity index (χ3n) is 3.80. The smallest absolute Gasteiger partial charge is 0.131 e. The molecule has 18 heavy (non-hydrogen) atoms. The predicted octanol–water partition coefficient (Wildman–Crippen LogP) is 2.74. The number of rotatable bonds is 6. The molecule has 0 bridgehead atoms. The Morgan fingerprint density at radius 1 is 1.44 bits per heavy atom. The van der Waals surface area contributed by atoms with Gasteiger partial charge in [0.2, 0.25) is 0 Å². The summed E-state index contributed by atoms with van der Waals surface area (Å²) in [5.74, 6) is 2.03. The van der Waals surface area contributed by atoms with Crippen molar-refractivity contribution in [2.45, 2.75) is 39.7 Å². The maximum atomic E-state index is 4.63. The Labute approximate surface area is 111 Å². The van der Waals surface area contributed by atoms with E-state index in [1.54, 1.807) is 0 Å². The zero-order valence-electron chi connectivity index (χ0n) is 11.9. The van der Waals surface area contributed by atoms with Gasteiger partial charge in [-0.1, -0.05) is 13.3 Å². The summed E-state index contributed by atoms with van der Waals surface area (Å²) >= 11 is 0. The van der Waals surface area contributed by atoms with Crippen molar-refractivity contribution in [1.82, 2.24) is 10.3 Å². The molecule has 1 N–H and O–H groups in total. The number of anilines is 1. The molecule has 2 rings (SSSR count). The maximum Gasteiger partial charge on any atom is 0.131 e. The quantitative estimate of drug-likeness (QED) is 0.838. The highest BCUT2D eigenvalue weighted by atomic mass is 15.2. The minimum atomic E-state index is 0.887. The van der Waals surface area contributed by atoms with Crippen molar-refractivity contribution in [3.63, 3.8) is 0 Å². The Balaban J connectivity index is 1.98. The van der Waals surface area contributed by atoms with Gasteiger partial charge in [-0.05, 0) is 49.4 Å². The van der Waals surface area contributed by atoms with Crippen LogP contribution in [0.25, 0.3) is 0 Å². The topological polar surface area (TPSA) is 28.2 Å². The number of nitrogens with zero attached hydrogens (tertiary/aromatic N) is 2. The Morgan fingerprint density at radius 2 is 2.22 bits per heavy atom. The van der Waals surface area contributed by atoms with E-state index in [0.717, 1.165) is 31.4 Å². The molecule has 0 atom stereocenters. The molecule has 0 radical (unpaired) electrons. The zero-order chi connectivity index (χ0) is 13.0. The summed E-state index contributed by atoms with van der Waals surface area (Å²) in [5.41, 5.74) is 2.56. The Kier molecular flexibility index (Phi) is 4.59. The van der Waals surface area contributed by atoms with Crippen LogP contribution in [0, 0.1) is 12.8 Å². The van der Waals surface area contributed by atoms with Gasteiger partial charge in [-0.25, -0.2) is 4.98 Å². The highest BCUT2D eigenvalue weighted by molar-refractivity contribution is 5.46. The lowest BCUT2D eigenvalue weighted by Gasteiger charge is -2.31. The molecule has 1 heterocycles. The number of hydrogen-bond donors (Lipinski definition) is 1. The van der Waals surface area contributed by atoms with Crippen LogP contribution in [0.1, 0.15) is 37.3 Å². The average Bonchev–Trinajstić information content (AvgIpc) is 2.31. The first-order chi connectivity index (χ1) is 8.70. The second-order valence-electron chi connectivity index (χ2n) is 5.44. The van der Waals surface area contributed by atoms with E-state index in [4.69, 9.17) is 0 Å². The summed E-state index contributed by atoms with van der Waals surface area (Å²) in [7, 11) is 2.16. The van der Waals surface area contributed by atoms with Crippen molar-refractivity contribution in [2.75, 3.05) is 25.0 Å². The van der Waals surface area contributed by atoms with Crippen molar-refractivity contribution in [2.24, 2.45) is 5.92 Å². The molecule has 1 saturated carbocycles. The molecule has 1 aliphatic carbocycles. The van der Waals surface area contributed by atoms with Crippen molar-refractivity contribution >= 4 is 5.82 Å². The highest BCUT2D eigenvalue weighted by Crippen LogP contribution is 2.28. The van der Waals surface area contributed by atoms with Crippen LogP contribution < -0.4 is 10.2 Å². The molecule has 0 amide bonds. The first-order valence-electron chi connectivity index (χ1n) is 7.08. The number of hydrogen-bond acceptors (Lipinski definition) is 3. The van der Waals surface area contributed by atoms with Crippen LogP contribution in [-0.4, -0.2) is 25.1 Å². The minimum Gasteiger partial charge on any atom is -0.359 e. The fourth-order valence-electron chi connectivity index (χ4n) is 2.54. The van der Waals surface area contributed by atoms with E-state index in [0.29, 0.717) is 0 Å². The monoisotopic (exact) mass is 247 g/mol. The van der Waals surface area contributed by atoms with Gasteiger partial charge in [0.25, 0.3) is 0 Å². The number of pyridine rings is 1. The standard InChI is InChI=1S/C15H25N3/c1-4-16-9-14-8-12(2)15(17-10-14)18(3)11-13-6-5-7-13/h8,10,13,16H,4-7,9,11H2,1-3H3. The highest BCUT2D eigenvalue weighted by Gasteiger charge is 2.20. The lowest BCUT2D eigenvalue weighted by molar-refractivity contribution is 0.321. The van der Waals surface area contributed by atoms with E-state index in [-0.39, 0.29) is 0 Å². The van der Waals surface area contributed by atoms with E-state index < -0.39 is 0 Å². The van der Waals surface area contributed by atoms with Gasteiger partial charge in [-0.3, -0.25) is 0 Å². The molecule has 100 valence electrons. The molecular formula is C15H25N3. The molecule has 1 aromatic heterocycles. The first-order valence-corrected chi connectivity index (χ1v) is 7.08. The molecule has 3 heteroatoms. The van der Waals surface area contributed by atoms with Crippen molar-refractivity contribution in [1.29, 1.82) is 0 Å². The summed E-state index contributed by atoms with van der Waals surface area (Å²) < 4.78 is 0. The molecule has 0 spiro atoms. The van der Waals surface area contributed by atoms with Gasteiger partial charge in [0.05, 0.1) is 0 Å². The summed E-state index contributed by atoms with van der Waals surface area (Å²) in [6, 6.07) is 2.25. The minimum absolute atomic E-state index is 0.887. The lowest BCUT2D eigenvalue weighted by atomic mass is 9.85. The number of aromatic nitrogens is 1. The van der Waals surface area contributed by atoms with Gasteiger partial charge in [-0.15, -0.1) is 0 Å². The van der Waals surface area contributed by atoms with Crippen molar-refractivity contribution < 1.29 is 0 Å². The molecule has 1 aromatic rings. The maximum absolute atomic E-state index is 4.63. The van der Waals surface area contributed by atoms with Gasteiger partial charge in [-0.2, -0.15) is 0 Å². The summed E-state index contributed by atoms with van der Waals surface area (Å²) in [5, 5.41) is 3.34. The fraction of sp³-hybridized carbons (Fsp3) is 0.667. The third-order valence-corrected chi connectivity index (χ3v) is 3.80.